The Morgan fingerprint density at radius 3 is 2.87 bits per heavy atom. The van der Waals surface area contributed by atoms with Crippen molar-refractivity contribution in [3.8, 4) is 5.69 Å². The molecule has 1 saturated carbocycles. The van der Waals surface area contributed by atoms with Crippen molar-refractivity contribution in [2.45, 2.75) is 37.1 Å². The molecule has 1 heterocycles. The van der Waals surface area contributed by atoms with Crippen molar-refractivity contribution in [3.63, 3.8) is 0 Å². The third kappa shape index (κ3) is 4.07. The third-order valence-electron chi connectivity index (χ3n) is 4.23. The summed E-state index contributed by atoms with van der Waals surface area (Å²) in [5.41, 5.74) is 2.08. The van der Waals surface area contributed by atoms with Crippen molar-refractivity contribution in [1.82, 2.24) is 20.4 Å². The lowest BCUT2D eigenvalue weighted by atomic mass is 10.2. The van der Waals surface area contributed by atoms with E-state index in [1.807, 2.05) is 53.0 Å². The van der Waals surface area contributed by atoms with Crippen LogP contribution in [0.1, 0.15) is 24.8 Å². The second-order valence-corrected chi connectivity index (χ2v) is 6.83. The molecular weight excluding hydrogens is 308 g/mol. The highest BCUT2D eigenvalue weighted by atomic mass is 32.2. The molecule has 0 radical (unpaired) electrons. The minimum Gasteiger partial charge on any atom is -0.334 e. The number of benzene rings is 1. The van der Waals surface area contributed by atoms with E-state index in [-0.39, 0.29) is 6.03 Å². The van der Waals surface area contributed by atoms with E-state index in [9.17, 15) is 4.79 Å². The van der Waals surface area contributed by atoms with Gasteiger partial charge in [-0.15, -0.1) is 0 Å². The molecule has 2 aromatic rings. The number of hydrogen-bond acceptors (Lipinski definition) is 3. The Balaban J connectivity index is 1.49. The van der Waals surface area contributed by atoms with Gasteiger partial charge in [0.15, 0.2) is 0 Å². The molecule has 5 nitrogen and oxygen atoms in total. The highest BCUT2D eigenvalue weighted by Crippen LogP contribution is 2.28. The van der Waals surface area contributed by atoms with Gasteiger partial charge in [-0.2, -0.15) is 16.9 Å². The minimum absolute atomic E-state index is 0.0768. The van der Waals surface area contributed by atoms with E-state index in [4.69, 9.17) is 0 Å². The van der Waals surface area contributed by atoms with Crippen molar-refractivity contribution in [2.75, 3.05) is 6.26 Å². The molecule has 23 heavy (non-hydrogen) atoms. The predicted molar refractivity (Wildman–Crippen MR) is 93.9 cm³/mol. The molecule has 6 heteroatoms. The van der Waals surface area contributed by atoms with Crippen LogP contribution in [0.5, 0.6) is 0 Å². The lowest BCUT2D eigenvalue weighted by molar-refractivity contribution is 0.237. The Labute approximate surface area is 140 Å². The van der Waals surface area contributed by atoms with E-state index >= 15 is 0 Å². The van der Waals surface area contributed by atoms with E-state index in [0.29, 0.717) is 17.8 Å². The van der Waals surface area contributed by atoms with Crippen molar-refractivity contribution < 1.29 is 4.79 Å². The SMILES string of the molecule is CS[C@H]1CCC[C@@H]1NC(=O)NCc1ccc(-n2cccn2)cc1. The molecule has 0 bridgehead atoms. The summed E-state index contributed by atoms with van der Waals surface area (Å²) in [6, 6.07) is 10.1. The Hall–Kier alpha value is -1.95. The van der Waals surface area contributed by atoms with E-state index < -0.39 is 0 Å². The number of carbonyl (C=O) groups is 1. The largest absolute Gasteiger partial charge is 0.334 e. The van der Waals surface area contributed by atoms with Crippen molar-refractivity contribution in [3.05, 3.63) is 48.3 Å². The fourth-order valence-electron chi connectivity index (χ4n) is 2.96. The minimum atomic E-state index is -0.0768. The Bertz CT molecular complexity index is 627. The lowest BCUT2D eigenvalue weighted by Gasteiger charge is -2.19. The number of urea groups is 1. The lowest BCUT2D eigenvalue weighted by Crippen LogP contribution is -2.44. The van der Waals surface area contributed by atoms with Crippen LogP contribution in [0.2, 0.25) is 0 Å². The van der Waals surface area contributed by atoms with Crippen molar-refractivity contribution >= 4 is 17.8 Å². The second-order valence-electron chi connectivity index (χ2n) is 5.76. The van der Waals surface area contributed by atoms with Gasteiger partial charge in [-0.3, -0.25) is 0 Å². The number of amides is 2. The van der Waals surface area contributed by atoms with Gasteiger partial charge >= 0.3 is 6.03 Å². The standard InChI is InChI=1S/C17H22N4OS/c1-23-16-5-2-4-15(16)20-17(22)18-12-13-6-8-14(9-7-13)21-11-3-10-19-21/h3,6-11,15-16H,2,4-5,12H2,1H3,(H2,18,20,22)/t15-,16-/m0/s1. The molecule has 0 aliphatic heterocycles. The monoisotopic (exact) mass is 330 g/mol. The summed E-state index contributed by atoms with van der Waals surface area (Å²) in [6.45, 7) is 0.530. The molecule has 122 valence electrons. The molecule has 2 atom stereocenters. The van der Waals surface area contributed by atoms with Crippen LogP contribution in [0, 0.1) is 0 Å². The van der Waals surface area contributed by atoms with E-state index in [1.165, 1.54) is 12.8 Å². The first-order valence-electron chi connectivity index (χ1n) is 7.92. The number of aromatic nitrogens is 2. The maximum Gasteiger partial charge on any atom is 0.315 e. The van der Waals surface area contributed by atoms with Gasteiger partial charge < -0.3 is 10.6 Å². The van der Waals surface area contributed by atoms with Gasteiger partial charge in [0.1, 0.15) is 0 Å². The number of carbonyl (C=O) groups excluding carboxylic acids is 1. The number of nitrogens with zero attached hydrogens (tertiary/aromatic N) is 2. The first-order valence-corrected chi connectivity index (χ1v) is 9.21. The Morgan fingerprint density at radius 2 is 2.17 bits per heavy atom. The van der Waals surface area contributed by atoms with Crippen LogP contribution < -0.4 is 10.6 Å². The van der Waals surface area contributed by atoms with E-state index in [2.05, 4.69) is 22.0 Å². The average Bonchev–Trinajstić information content (AvgIpc) is 3.25. The zero-order chi connectivity index (χ0) is 16.1. The predicted octanol–water partition coefficient (Wildman–Crippen LogP) is 2.96. The van der Waals surface area contributed by atoms with Gasteiger partial charge in [-0.25, -0.2) is 9.48 Å². The van der Waals surface area contributed by atoms with Gasteiger partial charge in [-0.05, 0) is 42.9 Å². The van der Waals surface area contributed by atoms with E-state index in [0.717, 1.165) is 17.7 Å². The summed E-state index contributed by atoms with van der Waals surface area (Å²) in [4.78, 5) is 12.0. The molecule has 1 aliphatic carbocycles. The van der Waals surface area contributed by atoms with E-state index in [1.54, 1.807) is 6.20 Å². The van der Waals surface area contributed by atoms with Crippen molar-refractivity contribution in [1.29, 1.82) is 0 Å². The summed E-state index contributed by atoms with van der Waals surface area (Å²) in [5, 5.41) is 10.8. The van der Waals surface area contributed by atoms with Crippen LogP contribution >= 0.6 is 11.8 Å². The van der Waals surface area contributed by atoms with Crippen LogP contribution in [-0.4, -0.2) is 33.4 Å². The molecule has 1 aromatic carbocycles. The van der Waals surface area contributed by atoms with Gasteiger partial charge in [0.25, 0.3) is 0 Å². The molecule has 0 unspecified atom stereocenters. The van der Waals surface area contributed by atoms with Crippen LogP contribution in [0.3, 0.4) is 0 Å². The second kappa shape index (κ2) is 7.55. The van der Waals surface area contributed by atoms with Gasteiger partial charge in [0, 0.05) is 30.2 Å². The molecule has 1 fully saturated rings. The summed E-state index contributed by atoms with van der Waals surface area (Å²) < 4.78 is 1.81. The summed E-state index contributed by atoms with van der Waals surface area (Å²) >= 11 is 1.85. The third-order valence-corrected chi connectivity index (χ3v) is 5.40. The number of thioether (sulfide) groups is 1. The maximum absolute atomic E-state index is 12.0. The first-order chi connectivity index (χ1) is 11.3. The summed E-state index contributed by atoms with van der Waals surface area (Å²) in [6.07, 6.45) is 9.25. The fourth-order valence-corrected chi connectivity index (χ4v) is 3.90. The summed E-state index contributed by atoms with van der Waals surface area (Å²) in [7, 11) is 0. The van der Waals surface area contributed by atoms with Crippen LogP contribution in [-0.2, 0) is 6.54 Å². The smallest absolute Gasteiger partial charge is 0.315 e. The quantitative estimate of drug-likeness (QED) is 0.886. The molecule has 0 saturated heterocycles. The number of hydrogen-bond donors (Lipinski definition) is 2. The number of rotatable bonds is 5. The zero-order valence-electron chi connectivity index (χ0n) is 13.2. The molecule has 2 N–H and O–H groups in total. The molecule has 3 rings (SSSR count). The van der Waals surface area contributed by atoms with Crippen molar-refractivity contribution in [2.24, 2.45) is 0 Å². The Morgan fingerprint density at radius 1 is 1.35 bits per heavy atom. The fraction of sp³-hybridized carbons (Fsp3) is 0.412. The highest BCUT2D eigenvalue weighted by molar-refractivity contribution is 7.99. The molecule has 1 aromatic heterocycles. The van der Waals surface area contributed by atoms with Gasteiger partial charge in [-0.1, -0.05) is 18.6 Å². The topological polar surface area (TPSA) is 59.0 Å². The molecule has 1 aliphatic rings. The van der Waals surface area contributed by atoms with Gasteiger partial charge in [0.05, 0.1) is 5.69 Å². The van der Waals surface area contributed by atoms with Gasteiger partial charge in [0.2, 0.25) is 0 Å². The zero-order valence-corrected chi connectivity index (χ0v) is 14.1. The number of nitrogens with one attached hydrogen (secondary N) is 2. The maximum atomic E-state index is 12.0. The molecular formula is C17H22N4OS. The summed E-state index contributed by atoms with van der Waals surface area (Å²) in [5.74, 6) is 0. The molecule has 2 amide bonds. The van der Waals surface area contributed by atoms with Crippen LogP contribution in [0.25, 0.3) is 5.69 Å². The Kier molecular flexibility index (Phi) is 5.23. The molecule has 0 spiro atoms. The average molecular weight is 330 g/mol. The normalized spacial score (nSPS) is 20.4. The van der Waals surface area contributed by atoms with Crippen LogP contribution in [0.15, 0.2) is 42.7 Å². The first kappa shape index (κ1) is 15.9. The van der Waals surface area contributed by atoms with Crippen LogP contribution in [0.4, 0.5) is 4.79 Å². The highest BCUT2D eigenvalue weighted by Gasteiger charge is 2.27.